The molecule has 0 amide bonds. The van der Waals surface area contributed by atoms with Crippen molar-refractivity contribution in [1.82, 2.24) is 5.32 Å². The highest BCUT2D eigenvalue weighted by Gasteiger charge is 2.25. The molecule has 80 valence electrons. The van der Waals surface area contributed by atoms with Crippen molar-refractivity contribution in [3.05, 3.63) is 12.3 Å². The molecule has 4 heteroatoms. The summed E-state index contributed by atoms with van der Waals surface area (Å²) in [5.41, 5.74) is -0.0528. The van der Waals surface area contributed by atoms with Crippen LogP contribution in [0, 0.1) is 0 Å². The van der Waals surface area contributed by atoms with Crippen LogP contribution in [0.15, 0.2) is 12.3 Å². The Hall–Kier alpha value is -1.03. The molecule has 1 N–H and O–H groups in total. The van der Waals surface area contributed by atoms with Crippen molar-refractivity contribution < 1.29 is 14.3 Å². The summed E-state index contributed by atoms with van der Waals surface area (Å²) in [6, 6.07) is 0. The number of nitrogens with one attached hydrogen (secondary N) is 1. The lowest BCUT2D eigenvalue weighted by atomic mass is 9.95. The number of hydrogen-bond donors (Lipinski definition) is 1. The molecule has 0 aliphatic carbocycles. The van der Waals surface area contributed by atoms with E-state index in [1.165, 1.54) is 13.2 Å². The molecule has 1 rings (SSSR count). The van der Waals surface area contributed by atoms with E-state index in [9.17, 15) is 4.79 Å². The van der Waals surface area contributed by atoms with Gasteiger partial charge in [-0.2, -0.15) is 0 Å². The molecule has 0 aromatic rings. The first-order valence-electron chi connectivity index (χ1n) is 4.76. The molecule has 1 saturated heterocycles. The summed E-state index contributed by atoms with van der Waals surface area (Å²) >= 11 is 0. The Morgan fingerprint density at radius 3 is 3.00 bits per heavy atom. The van der Waals surface area contributed by atoms with Crippen LogP contribution in [0.25, 0.3) is 0 Å². The van der Waals surface area contributed by atoms with Crippen LogP contribution in [-0.2, 0) is 14.3 Å². The minimum Gasteiger partial charge on any atom is -0.466 e. The van der Waals surface area contributed by atoms with Crippen LogP contribution in [0.5, 0.6) is 0 Å². The van der Waals surface area contributed by atoms with Crippen LogP contribution in [0.3, 0.4) is 0 Å². The summed E-state index contributed by atoms with van der Waals surface area (Å²) in [7, 11) is 1.36. The summed E-state index contributed by atoms with van der Waals surface area (Å²) in [6.45, 7) is 3.59. The normalized spacial score (nSPS) is 27.6. The molecule has 1 atom stereocenters. The molecule has 1 heterocycles. The first-order valence-corrected chi connectivity index (χ1v) is 4.76. The third-order valence-electron chi connectivity index (χ3n) is 2.29. The van der Waals surface area contributed by atoms with Crippen molar-refractivity contribution in [3.8, 4) is 0 Å². The summed E-state index contributed by atoms with van der Waals surface area (Å²) in [5.74, 6) is -0.349. The summed E-state index contributed by atoms with van der Waals surface area (Å²) in [6.07, 6.45) is 5.11. The molecule has 0 aromatic heterocycles. The molecular formula is C10H17NO3. The maximum atomic E-state index is 10.8. The van der Waals surface area contributed by atoms with Crippen LogP contribution >= 0.6 is 0 Å². The van der Waals surface area contributed by atoms with E-state index in [-0.39, 0.29) is 11.5 Å². The average Bonchev–Trinajstić information content (AvgIpc) is 2.18. The SMILES string of the molecule is COC(=O)/C=C/NC1(C)CCCOC1. The van der Waals surface area contributed by atoms with Gasteiger partial charge in [-0.1, -0.05) is 0 Å². The summed E-state index contributed by atoms with van der Waals surface area (Å²) < 4.78 is 9.83. The third kappa shape index (κ3) is 3.38. The molecule has 1 unspecified atom stereocenters. The number of methoxy groups -OCH3 is 1. The van der Waals surface area contributed by atoms with Crippen molar-refractivity contribution in [2.75, 3.05) is 20.3 Å². The predicted octanol–water partition coefficient (Wildman–Crippen LogP) is 0.832. The van der Waals surface area contributed by atoms with Crippen molar-refractivity contribution in [3.63, 3.8) is 0 Å². The van der Waals surface area contributed by atoms with Crippen molar-refractivity contribution in [1.29, 1.82) is 0 Å². The van der Waals surface area contributed by atoms with Gasteiger partial charge in [0.25, 0.3) is 0 Å². The van der Waals surface area contributed by atoms with Gasteiger partial charge in [0.1, 0.15) is 0 Å². The van der Waals surface area contributed by atoms with Crippen LogP contribution in [0.2, 0.25) is 0 Å². The van der Waals surface area contributed by atoms with Gasteiger partial charge in [0, 0.05) is 18.9 Å². The second-order valence-corrected chi connectivity index (χ2v) is 3.72. The number of hydrogen-bond acceptors (Lipinski definition) is 4. The monoisotopic (exact) mass is 199 g/mol. The number of rotatable bonds is 3. The molecule has 1 aliphatic rings. The van der Waals surface area contributed by atoms with E-state index in [4.69, 9.17) is 4.74 Å². The number of carbonyl (C=O) groups excluding carboxylic acids is 1. The summed E-state index contributed by atoms with van der Waals surface area (Å²) in [4.78, 5) is 10.8. The van der Waals surface area contributed by atoms with Crippen molar-refractivity contribution in [2.24, 2.45) is 0 Å². The highest BCUT2D eigenvalue weighted by atomic mass is 16.5. The zero-order chi connectivity index (χ0) is 10.4. The fourth-order valence-corrected chi connectivity index (χ4v) is 1.43. The molecule has 14 heavy (non-hydrogen) atoms. The van der Waals surface area contributed by atoms with E-state index in [0.29, 0.717) is 6.61 Å². The smallest absolute Gasteiger partial charge is 0.331 e. The molecular weight excluding hydrogens is 182 g/mol. The average molecular weight is 199 g/mol. The maximum absolute atomic E-state index is 10.8. The van der Waals surface area contributed by atoms with Crippen LogP contribution in [0.1, 0.15) is 19.8 Å². The van der Waals surface area contributed by atoms with Crippen LogP contribution in [-0.4, -0.2) is 31.8 Å². The molecule has 0 aromatic carbocycles. The molecule has 0 bridgehead atoms. The Bertz CT molecular complexity index is 219. The minimum atomic E-state index is -0.349. The largest absolute Gasteiger partial charge is 0.466 e. The zero-order valence-corrected chi connectivity index (χ0v) is 8.71. The Kier molecular flexibility index (Phi) is 3.95. The number of esters is 1. The van der Waals surface area contributed by atoms with Gasteiger partial charge in [-0.15, -0.1) is 0 Å². The minimum absolute atomic E-state index is 0.0528. The quantitative estimate of drug-likeness (QED) is 0.540. The molecule has 1 aliphatic heterocycles. The molecule has 0 spiro atoms. The van der Waals surface area contributed by atoms with Crippen LogP contribution < -0.4 is 5.32 Å². The Labute approximate surface area is 84.3 Å². The van der Waals surface area contributed by atoms with E-state index in [0.717, 1.165) is 19.4 Å². The summed E-state index contributed by atoms with van der Waals surface area (Å²) in [5, 5.41) is 3.16. The lowest BCUT2D eigenvalue weighted by Gasteiger charge is -2.33. The Morgan fingerprint density at radius 1 is 1.64 bits per heavy atom. The van der Waals surface area contributed by atoms with Gasteiger partial charge in [0.2, 0.25) is 0 Å². The molecule has 1 fully saturated rings. The lowest BCUT2D eigenvalue weighted by Crippen LogP contribution is -2.46. The Morgan fingerprint density at radius 2 is 2.43 bits per heavy atom. The van der Waals surface area contributed by atoms with Gasteiger partial charge < -0.3 is 14.8 Å². The Balaban J connectivity index is 2.35. The molecule has 4 nitrogen and oxygen atoms in total. The van der Waals surface area contributed by atoms with Crippen LogP contribution in [0.4, 0.5) is 0 Å². The lowest BCUT2D eigenvalue weighted by molar-refractivity contribution is -0.134. The fraction of sp³-hybridized carbons (Fsp3) is 0.700. The van der Waals surface area contributed by atoms with E-state index < -0.39 is 0 Å². The van der Waals surface area contributed by atoms with Gasteiger partial charge in [-0.25, -0.2) is 4.79 Å². The van der Waals surface area contributed by atoms with Gasteiger partial charge in [-0.05, 0) is 19.8 Å². The maximum Gasteiger partial charge on any atom is 0.331 e. The molecule has 0 radical (unpaired) electrons. The predicted molar refractivity (Wildman–Crippen MR) is 52.7 cm³/mol. The van der Waals surface area contributed by atoms with E-state index in [1.54, 1.807) is 6.20 Å². The topological polar surface area (TPSA) is 47.6 Å². The van der Waals surface area contributed by atoms with E-state index in [1.807, 2.05) is 0 Å². The van der Waals surface area contributed by atoms with Gasteiger partial charge in [-0.3, -0.25) is 0 Å². The first-order chi connectivity index (χ1) is 6.66. The first kappa shape index (κ1) is 11.0. The van der Waals surface area contributed by atoms with Crippen molar-refractivity contribution in [2.45, 2.75) is 25.3 Å². The number of carbonyl (C=O) groups is 1. The second-order valence-electron chi connectivity index (χ2n) is 3.72. The molecule has 0 saturated carbocycles. The standard InChI is InChI=1S/C10H17NO3/c1-10(5-3-7-14-8-10)11-6-4-9(12)13-2/h4,6,11H,3,5,7-8H2,1-2H3/b6-4+. The van der Waals surface area contributed by atoms with Crippen molar-refractivity contribution >= 4 is 5.97 Å². The highest BCUT2D eigenvalue weighted by molar-refractivity contribution is 5.81. The van der Waals surface area contributed by atoms with E-state index >= 15 is 0 Å². The third-order valence-corrected chi connectivity index (χ3v) is 2.29. The van der Waals surface area contributed by atoms with E-state index in [2.05, 4.69) is 17.0 Å². The highest BCUT2D eigenvalue weighted by Crippen LogP contribution is 2.17. The zero-order valence-electron chi connectivity index (χ0n) is 8.71. The van der Waals surface area contributed by atoms with Gasteiger partial charge in [0.15, 0.2) is 0 Å². The number of ether oxygens (including phenoxy) is 2. The van der Waals surface area contributed by atoms with Gasteiger partial charge in [0.05, 0.1) is 19.3 Å². The fourth-order valence-electron chi connectivity index (χ4n) is 1.43. The second kappa shape index (κ2) is 5.00. The van der Waals surface area contributed by atoms with Gasteiger partial charge >= 0.3 is 5.97 Å².